The minimum Gasteiger partial charge on any atom is -0.361 e. The summed E-state index contributed by atoms with van der Waals surface area (Å²) in [6.07, 6.45) is 0.290. The maximum Gasteiger partial charge on any atom is 0.278 e. The molecule has 0 aliphatic carbocycles. The smallest absolute Gasteiger partial charge is 0.278 e. The molecular weight excluding hydrogens is 254 g/mol. The van der Waals surface area contributed by atoms with Crippen LogP contribution in [0.3, 0.4) is 0 Å². The zero-order valence-electron chi connectivity index (χ0n) is 10.3. The summed E-state index contributed by atoms with van der Waals surface area (Å²) in [6.45, 7) is 2.28. The molecule has 0 aromatic carbocycles. The van der Waals surface area contributed by atoms with Gasteiger partial charge in [-0.3, -0.25) is 14.7 Å². The molecule has 0 saturated carbocycles. The van der Waals surface area contributed by atoms with Gasteiger partial charge in [0.2, 0.25) is 12.4 Å². The highest BCUT2D eigenvalue weighted by molar-refractivity contribution is 5.69. The fourth-order valence-corrected chi connectivity index (χ4v) is 1.51. The fraction of sp³-hybridized carbons (Fsp3) is 0.500. The zero-order chi connectivity index (χ0) is 13.8. The molecule has 104 valence electrons. The largest absolute Gasteiger partial charge is 0.361 e. The lowest BCUT2D eigenvalue weighted by molar-refractivity contribution is -0.0590. The predicted octanol–water partition coefficient (Wildman–Crippen LogP) is -0.895. The van der Waals surface area contributed by atoms with Gasteiger partial charge in [-0.15, -0.1) is 0 Å². The lowest BCUT2D eigenvalue weighted by Crippen LogP contribution is -2.39. The third-order valence-corrected chi connectivity index (χ3v) is 2.41. The van der Waals surface area contributed by atoms with Crippen molar-refractivity contribution in [3.8, 4) is 0 Å². The van der Waals surface area contributed by atoms with E-state index in [1.807, 2.05) is 6.92 Å². The molecule has 0 atom stereocenters. The Morgan fingerprint density at radius 3 is 3.00 bits per heavy atom. The summed E-state index contributed by atoms with van der Waals surface area (Å²) in [6, 6.07) is 0. The van der Waals surface area contributed by atoms with Crippen LogP contribution in [0.25, 0.3) is 11.2 Å². The van der Waals surface area contributed by atoms with E-state index in [-0.39, 0.29) is 23.8 Å². The van der Waals surface area contributed by atoms with E-state index in [0.717, 1.165) is 11.3 Å². The molecule has 0 bridgehead atoms. The summed E-state index contributed by atoms with van der Waals surface area (Å²) >= 11 is 0. The van der Waals surface area contributed by atoms with Crippen molar-refractivity contribution in [1.82, 2.24) is 19.9 Å². The van der Waals surface area contributed by atoms with Gasteiger partial charge in [0.05, 0.1) is 6.33 Å². The SMILES string of the molecule is CCCOCN(c1nc2nc[nH]c2c(=O)[nH]1)C(O)O. The Kier molecular flexibility index (Phi) is 4.10. The molecule has 0 saturated heterocycles. The van der Waals surface area contributed by atoms with Crippen LogP contribution in [0.15, 0.2) is 11.1 Å². The van der Waals surface area contributed by atoms with Gasteiger partial charge >= 0.3 is 0 Å². The molecule has 0 spiro atoms. The van der Waals surface area contributed by atoms with Crippen LogP contribution in [0.5, 0.6) is 0 Å². The van der Waals surface area contributed by atoms with E-state index in [1.165, 1.54) is 6.33 Å². The van der Waals surface area contributed by atoms with Crippen molar-refractivity contribution in [3.05, 3.63) is 16.7 Å². The van der Waals surface area contributed by atoms with E-state index in [0.29, 0.717) is 6.61 Å². The first-order chi connectivity index (χ1) is 9.13. The first-order valence-corrected chi connectivity index (χ1v) is 5.77. The molecule has 0 radical (unpaired) electrons. The Hall–Kier alpha value is -1.97. The molecule has 2 rings (SSSR count). The second kappa shape index (κ2) is 5.78. The molecule has 0 unspecified atom stereocenters. The Balaban J connectivity index is 2.30. The molecule has 0 amide bonds. The number of aromatic nitrogens is 4. The van der Waals surface area contributed by atoms with Gasteiger partial charge in [-0.2, -0.15) is 4.98 Å². The first-order valence-electron chi connectivity index (χ1n) is 5.77. The summed E-state index contributed by atoms with van der Waals surface area (Å²) in [4.78, 5) is 25.7. The lowest BCUT2D eigenvalue weighted by Gasteiger charge is -2.23. The molecule has 0 aliphatic rings. The monoisotopic (exact) mass is 269 g/mol. The highest BCUT2D eigenvalue weighted by atomic mass is 16.5. The van der Waals surface area contributed by atoms with Crippen LogP contribution in [0.1, 0.15) is 13.3 Å². The van der Waals surface area contributed by atoms with E-state index < -0.39 is 12.0 Å². The molecule has 19 heavy (non-hydrogen) atoms. The fourth-order valence-electron chi connectivity index (χ4n) is 1.51. The molecule has 0 fully saturated rings. The van der Waals surface area contributed by atoms with Crippen LogP contribution in [-0.4, -0.2) is 49.9 Å². The summed E-state index contributed by atoms with van der Waals surface area (Å²) in [5.74, 6) is -0.0179. The zero-order valence-corrected chi connectivity index (χ0v) is 10.3. The molecule has 4 N–H and O–H groups in total. The number of rotatable bonds is 6. The van der Waals surface area contributed by atoms with Crippen molar-refractivity contribution in [2.45, 2.75) is 19.8 Å². The minimum absolute atomic E-state index is 0.0179. The van der Waals surface area contributed by atoms with Gasteiger partial charge in [-0.25, -0.2) is 4.98 Å². The first kappa shape index (κ1) is 13.5. The van der Waals surface area contributed by atoms with Crippen molar-refractivity contribution >= 4 is 17.1 Å². The number of aliphatic hydroxyl groups excluding tert-OH is 1. The van der Waals surface area contributed by atoms with Gasteiger partial charge in [0.25, 0.3) is 5.56 Å². The molecule has 9 nitrogen and oxygen atoms in total. The minimum atomic E-state index is -1.84. The third-order valence-electron chi connectivity index (χ3n) is 2.41. The number of imidazole rings is 1. The number of H-pyrrole nitrogens is 2. The summed E-state index contributed by atoms with van der Waals surface area (Å²) in [5.41, 5.74) is -0.0239. The second-order valence-electron chi connectivity index (χ2n) is 3.84. The van der Waals surface area contributed by atoms with Crippen molar-refractivity contribution in [1.29, 1.82) is 0 Å². The highest BCUT2D eigenvalue weighted by Gasteiger charge is 2.18. The molecule has 2 aromatic rings. The van der Waals surface area contributed by atoms with Crippen molar-refractivity contribution in [2.24, 2.45) is 0 Å². The molecule has 2 heterocycles. The number of aliphatic hydroxyl groups is 2. The van der Waals surface area contributed by atoms with Crippen LogP contribution in [0, 0.1) is 0 Å². The maximum atomic E-state index is 11.7. The molecule has 2 aromatic heterocycles. The van der Waals surface area contributed by atoms with Crippen molar-refractivity contribution in [2.75, 3.05) is 18.2 Å². The number of nitrogens with one attached hydrogen (secondary N) is 2. The van der Waals surface area contributed by atoms with E-state index in [9.17, 15) is 15.0 Å². The number of aromatic amines is 2. The van der Waals surface area contributed by atoms with E-state index in [1.54, 1.807) is 0 Å². The van der Waals surface area contributed by atoms with Gasteiger partial charge in [0.1, 0.15) is 6.73 Å². The van der Waals surface area contributed by atoms with Gasteiger partial charge in [-0.05, 0) is 6.42 Å². The van der Waals surface area contributed by atoms with Crippen molar-refractivity contribution in [3.63, 3.8) is 0 Å². The van der Waals surface area contributed by atoms with Gasteiger partial charge < -0.3 is 19.9 Å². The number of nitrogens with zero attached hydrogens (tertiary/aromatic N) is 3. The van der Waals surface area contributed by atoms with Crippen LogP contribution in [0.4, 0.5) is 5.95 Å². The Bertz CT molecular complexity index is 593. The van der Waals surface area contributed by atoms with Gasteiger partial charge in [0, 0.05) is 6.61 Å². The van der Waals surface area contributed by atoms with Crippen LogP contribution >= 0.6 is 0 Å². The van der Waals surface area contributed by atoms with Crippen LogP contribution in [-0.2, 0) is 4.74 Å². The van der Waals surface area contributed by atoms with E-state index >= 15 is 0 Å². The third kappa shape index (κ3) is 2.89. The standard InChI is InChI=1S/C10H15N5O4/c1-2-3-19-5-15(10(17)18)9-13-7-6(8(16)14-9)11-4-12-7/h4,10,17-18H,2-3,5H2,1H3,(H2,11,12,13,14,16). The highest BCUT2D eigenvalue weighted by Crippen LogP contribution is 2.10. The number of hydrogen-bond donors (Lipinski definition) is 4. The summed E-state index contributed by atoms with van der Waals surface area (Å²) in [5, 5.41) is 18.6. The maximum absolute atomic E-state index is 11.7. The quantitative estimate of drug-likeness (QED) is 0.395. The Morgan fingerprint density at radius 2 is 2.32 bits per heavy atom. The Morgan fingerprint density at radius 1 is 1.53 bits per heavy atom. The Labute approximate surface area is 107 Å². The van der Waals surface area contributed by atoms with Gasteiger partial charge in [-0.1, -0.05) is 6.92 Å². The lowest BCUT2D eigenvalue weighted by atomic mass is 10.5. The molecule has 0 aliphatic heterocycles. The normalized spacial score (nSPS) is 11.4. The van der Waals surface area contributed by atoms with E-state index in [4.69, 9.17) is 4.74 Å². The van der Waals surface area contributed by atoms with Gasteiger partial charge in [0.15, 0.2) is 11.2 Å². The molecule has 9 heteroatoms. The molecular formula is C10H15N5O4. The number of ether oxygens (including phenoxy) is 1. The summed E-state index contributed by atoms with van der Waals surface area (Å²) in [7, 11) is 0. The number of fused-ring (bicyclic) bond motifs is 1. The number of anilines is 1. The van der Waals surface area contributed by atoms with Crippen LogP contribution < -0.4 is 10.5 Å². The average molecular weight is 269 g/mol. The topological polar surface area (TPSA) is 127 Å². The van der Waals surface area contributed by atoms with Crippen molar-refractivity contribution < 1.29 is 14.9 Å². The number of hydrogen-bond acceptors (Lipinski definition) is 7. The average Bonchev–Trinajstić information content (AvgIpc) is 2.83. The van der Waals surface area contributed by atoms with Crippen LogP contribution in [0.2, 0.25) is 0 Å². The van der Waals surface area contributed by atoms with E-state index in [2.05, 4.69) is 19.9 Å². The predicted molar refractivity (Wildman–Crippen MR) is 66.3 cm³/mol. The summed E-state index contributed by atoms with van der Waals surface area (Å²) < 4.78 is 5.21. The second-order valence-corrected chi connectivity index (χ2v) is 3.84.